The van der Waals surface area contributed by atoms with Gasteiger partial charge >= 0.3 is 0 Å². The van der Waals surface area contributed by atoms with Gasteiger partial charge < -0.3 is 10.6 Å². The first-order chi connectivity index (χ1) is 10.6. The van der Waals surface area contributed by atoms with Crippen molar-refractivity contribution < 1.29 is 9.59 Å². The second-order valence-electron chi connectivity index (χ2n) is 4.97. The van der Waals surface area contributed by atoms with E-state index in [9.17, 15) is 9.59 Å². The summed E-state index contributed by atoms with van der Waals surface area (Å²) < 4.78 is 0. The van der Waals surface area contributed by atoms with Crippen molar-refractivity contribution in [3.05, 3.63) is 39.7 Å². The normalized spacial score (nSPS) is 14.8. The molecule has 6 heteroatoms. The lowest BCUT2D eigenvalue weighted by molar-refractivity contribution is -0.114. The first-order valence-corrected chi connectivity index (χ1v) is 7.78. The fourth-order valence-corrected chi connectivity index (χ4v) is 3.18. The summed E-state index contributed by atoms with van der Waals surface area (Å²) in [7, 11) is 0. The fourth-order valence-electron chi connectivity index (χ4n) is 2.29. The summed E-state index contributed by atoms with van der Waals surface area (Å²) in [6.07, 6.45) is 4.37. The lowest BCUT2D eigenvalue weighted by atomic mass is 10.1. The van der Waals surface area contributed by atoms with Crippen LogP contribution in [0, 0.1) is 0 Å². The molecule has 1 aliphatic rings. The van der Waals surface area contributed by atoms with E-state index in [4.69, 9.17) is 0 Å². The largest absolute Gasteiger partial charge is 0.325 e. The van der Waals surface area contributed by atoms with E-state index in [0.717, 1.165) is 11.3 Å². The molecule has 0 spiro atoms. The third-order valence-electron chi connectivity index (χ3n) is 3.29. The number of anilines is 2. The molecular weight excluding hydrogens is 298 g/mol. The fraction of sp³-hybridized carbons (Fsp3) is 0.188. The molecule has 5 nitrogen and oxygen atoms in total. The molecule has 112 valence electrons. The minimum Gasteiger partial charge on any atom is -0.325 e. The van der Waals surface area contributed by atoms with E-state index in [1.165, 1.54) is 18.0 Å². The molecule has 0 saturated carbocycles. The highest BCUT2D eigenvalue weighted by Gasteiger charge is 2.26. The number of carbonyl (C=O) groups is 2. The number of aromatic nitrogens is 1. The molecule has 0 saturated heterocycles. The first-order valence-electron chi connectivity index (χ1n) is 6.96. The van der Waals surface area contributed by atoms with Gasteiger partial charge in [0.15, 0.2) is 0 Å². The molecule has 1 aliphatic heterocycles. The Morgan fingerprint density at radius 2 is 2.27 bits per heavy atom. The van der Waals surface area contributed by atoms with E-state index in [0.29, 0.717) is 22.6 Å². The maximum absolute atomic E-state index is 12.1. The van der Waals surface area contributed by atoms with Crippen LogP contribution in [0.2, 0.25) is 0 Å². The number of pyridine rings is 1. The van der Waals surface area contributed by atoms with E-state index >= 15 is 0 Å². The smallest absolute Gasteiger partial charge is 0.257 e. The van der Waals surface area contributed by atoms with Crippen LogP contribution >= 0.6 is 11.3 Å². The Morgan fingerprint density at radius 3 is 2.95 bits per heavy atom. The topological polar surface area (TPSA) is 71.1 Å². The zero-order valence-electron chi connectivity index (χ0n) is 12.3. The van der Waals surface area contributed by atoms with Crippen molar-refractivity contribution in [3.8, 4) is 0 Å². The summed E-state index contributed by atoms with van der Waals surface area (Å²) in [4.78, 5) is 29.8. The highest BCUT2D eigenvalue weighted by molar-refractivity contribution is 7.13. The van der Waals surface area contributed by atoms with Gasteiger partial charge in [-0.25, -0.2) is 4.98 Å². The lowest BCUT2D eigenvalue weighted by Gasteiger charge is -2.03. The number of hydrogen-bond donors (Lipinski definition) is 2. The minimum atomic E-state index is -0.172. The molecule has 2 amide bonds. The summed E-state index contributed by atoms with van der Waals surface area (Å²) in [5.41, 5.74) is 1.86. The van der Waals surface area contributed by atoms with Gasteiger partial charge in [-0.15, -0.1) is 11.3 Å². The Bertz CT molecular complexity index is 792. The highest BCUT2D eigenvalue weighted by atomic mass is 32.1. The summed E-state index contributed by atoms with van der Waals surface area (Å²) >= 11 is 1.66. The van der Waals surface area contributed by atoms with Crippen LogP contribution in [0.3, 0.4) is 0 Å². The zero-order valence-corrected chi connectivity index (χ0v) is 13.1. The van der Waals surface area contributed by atoms with Crippen LogP contribution in [-0.4, -0.2) is 16.8 Å². The van der Waals surface area contributed by atoms with Crippen molar-refractivity contribution in [1.82, 2.24) is 4.98 Å². The average molecular weight is 313 g/mol. The van der Waals surface area contributed by atoms with Crippen molar-refractivity contribution in [2.45, 2.75) is 20.3 Å². The van der Waals surface area contributed by atoms with Crippen LogP contribution in [0.25, 0.3) is 11.6 Å². The number of amides is 2. The molecular formula is C16H15N3O2S. The molecule has 0 radical (unpaired) electrons. The molecule has 0 aliphatic carbocycles. The van der Waals surface area contributed by atoms with Gasteiger partial charge in [0.05, 0.1) is 17.5 Å². The molecule has 2 N–H and O–H groups in total. The molecule has 2 aromatic heterocycles. The quantitative estimate of drug-likeness (QED) is 0.855. The number of thiophene rings is 1. The predicted octanol–water partition coefficient (Wildman–Crippen LogP) is 3.16. The van der Waals surface area contributed by atoms with Crippen molar-refractivity contribution in [1.29, 1.82) is 0 Å². The van der Waals surface area contributed by atoms with E-state index in [1.807, 2.05) is 12.1 Å². The molecule has 0 aromatic carbocycles. The number of hydrogen-bond acceptors (Lipinski definition) is 4. The average Bonchev–Trinajstić information content (AvgIpc) is 3.04. The van der Waals surface area contributed by atoms with Crippen LogP contribution in [0.1, 0.15) is 29.2 Å². The van der Waals surface area contributed by atoms with E-state index < -0.39 is 0 Å². The van der Waals surface area contributed by atoms with Crippen LogP contribution in [0.4, 0.5) is 11.5 Å². The van der Waals surface area contributed by atoms with Gasteiger partial charge in [0.2, 0.25) is 5.91 Å². The monoisotopic (exact) mass is 313 g/mol. The van der Waals surface area contributed by atoms with Crippen LogP contribution in [0.5, 0.6) is 0 Å². The van der Waals surface area contributed by atoms with Gasteiger partial charge in [-0.05, 0) is 30.7 Å². The molecule has 2 aromatic rings. The Morgan fingerprint density at radius 1 is 1.45 bits per heavy atom. The van der Waals surface area contributed by atoms with Gasteiger partial charge in [0, 0.05) is 22.2 Å². The summed E-state index contributed by atoms with van der Waals surface area (Å²) in [5.74, 6) is 0.182. The third-order valence-corrected chi connectivity index (χ3v) is 4.47. The van der Waals surface area contributed by atoms with Gasteiger partial charge in [0.1, 0.15) is 5.82 Å². The van der Waals surface area contributed by atoms with E-state index in [2.05, 4.69) is 28.6 Å². The van der Waals surface area contributed by atoms with Crippen molar-refractivity contribution in [2.75, 3.05) is 10.6 Å². The third kappa shape index (κ3) is 2.78. The SMILES string of the molecule is CCc1ccc(C=C2C(=O)Nc3ncc(NC(C)=O)cc32)s1. The van der Waals surface area contributed by atoms with Crippen molar-refractivity contribution in [3.63, 3.8) is 0 Å². The Balaban J connectivity index is 2.00. The number of nitrogens with one attached hydrogen (secondary N) is 2. The van der Waals surface area contributed by atoms with Crippen molar-refractivity contribution in [2.24, 2.45) is 0 Å². The molecule has 3 rings (SSSR count). The summed E-state index contributed by atoms with van der Waals surface area (Å²) in [5, 5.41) is 5.42. The van der Waals surface area contributed by atoms with E-state index in [-0.39, 0.29) is 11.8 Å². The molecule has 0 atom stereocenters. The van der Waals surface area contributed by atoms with Gasteiger partial charge in [-0.2, -0.15) is 0 Å². The van der Waals surface area contributed by atoms with Gasteiger partial charge in [0.25, 0.3) is 5.91 Å². The number of aryl methyl sites for hydroxylation is 1. The second-order valence-corrected chi connectivity index (χ2v) is 6.17. The Labute approximate surface area is 132 Å². The first kappa shape index (κ1) is 14.5. The molecule has 22 heavy (non-hydrogen) atoms. The van der Waals surface area contributed by atoms with Gasteiger partial charge in [-0.1, -0.05) is 6.92 Å². The Kier molecular flexibility index (Phi) is 3.77. The lowest BCUT2D eigenvalue weighted by Crippen LogP contribution is -2.06. The van der Waals surface area contributed by atoms with Crippen LogP contribution < -0.4 is 10.6 Å². The molecule has 0 unspecified atom stereocenters. The van der Waals surface area contributed by atoms with Gasteiger partial charge in [-0.3, -0.25) is 9.59 Å². The highest BCUT2D eigenvalue weighted by Crippen LogP contribution is 2.34. The second kappa shape index (κ2) is 5.73. The zero-order chi connectivity index (χ0) is 15.7. The van der Waals surface area contributed by atoms with E-state index in [1.54, 1.807) is 17.4 Å². The summed E-state index contributed by atoms with van der Waals surface area (Å²) in [6.45, 7) is 3.54. The number of carbonyl (C=O) groups excluding carboxylic acids is 2. The number of rotatable bonds is 3. The molecule has 0 fully saturated rings. The molecule has 3 heterocycles. The van der Waals surface area contributed by atoms with Crippen molar-refractivity contribution >= 4 is 46.3 Å². The Hall–Kier alpha value is -2.47. The standard InChI is InChI=1S/C16H15N3O2S/c1-3-11-4-5-12(22-11)7-14-13-6-10(18-9(2)20)8-17-15(13)19-16(14)21/h4-8H,3H2,1-2H3,(H,18,20)(H,17,19,21). The number of nitrogens with zero attached hydrogens (tertiary/aromatic N) is 1. The summed E-state index contributed by atoms with van der Waals surface area (Å²) in [6, 6.07) is 5.84. The van der Waals surface area contributed by atoms with Crippen LogP contribution in [-0.2, 0) is 16.0 Å². The molecule has 0 bridgehead atoms. The van der Waals surface area contributed by atoms with Crippen LogP contribution in [0.15, 0.2) is 24.4 Å². The number of fused-ring (bicyclic) bond motifs is 1. The maximum Gasteiger partial charge on any atom is 0.257 e. The predicted molar refractivity (Wildman–Crippen MR) is 88.7 cm³/mol. The minimum absolute atomic E-state index is 0.171. The maximum atomic E-state index is 12.1.